The fraction of sp³-hybridized carbons (Fsp3) is 0.154. The van der Waals surface area contributed by atoms with Gasteiger partial charge >= 0.3 is 0 Å². The van der Waals surface area contributed by atoms with Crippen molar-refractivity contribution in [2.24, 2.45) is 5.73 Å². The van der Waals surface area contributed by atoms with E-state index in [0.29, 0.717) is 16.9 Å². The summed E-state index contributed by atoms with van der Waals surface area (Å²) in [6, 6.07) is 6.12. The van der Waals surface area contributed by atoms with Crippen LogP contribution in [0, 0.1) is 13.8 Å². The summed E-state index contributed by atoms with van der Waals surface area (Å²) in [6.07, 6.45) is 0. The molecule has 2 amide bonds. The van der Waals surface area contributed by atoms with Crippen molar-refractivity contribution in [1.29, 1.82) is 0 Å². The fourth-order valence-corrected chi connectivity index (χ4v) is 1.57. The predicted octanol–water partition coefficient (Wildman–Crippen LogP) is 1.38. The molecule has 6 nitrogen and oxygen atoms in total. The van der Waals surface area contributed by atoms with Crippen LogP contribution in [-0.4, -0.2) is 22.0 Å². The number of aromatic nitrogens is 2. The standard InChI is InChI=1S/C13H14N4O2/c1-7-8(2)16-17-12(7)15-13(19)10-5-3-9(4-6-10)11(14)18/h3-6H,1-2H3,(H2,14,18)(H2,15,16,17,19). The summed E-state index contributed by atoms with van der Waals surface area (Å²) in [4.78, 5) is 22.9. The van der Waals surface area contributed by atoms with E-state index in [4.69, 9.17) is 5.73 Å². The first-order chi connectivity index (χ1) is 8.99. The van der Waals surface area contributed by atoms with Crippen molar-refractivity contribution in [2.45, 2.75) is 13.8 Å². The van der Waals surface area contributed by atoms with Gasteiger partial charge < -0.3 is 11.1 Å². The van der Waals surface area contributed by atoms with E-state index < -0.39 is 5.91 Å². The monoisotopic (exact) mass is 258 g/mol. The van der Waals surface area contributed by atoms with Crippen LogP contribution < -0.4 is 11.1 Å². The Bertz CT molecular complexity index is 629. The highest BCUT2D eigenvalue weighted by molar-refractivity contribution is 6.04. The maximum Gasteiger partial charge on any atom is 0.256 e. The number of carbonyl (C=O) groups is 2. The molecule has 1 aromatic carbocycles. The van der Waals surface area contributed by atoms with Crippen LogP contribution in [0.5, 0.6) is 0 Å². The minimum Gasteiger partial charge on any atom is -0.366 e. The summed E-state index contributed by atoms with van der Waals surface area (Å²) in [5.41, 5.74) is 7.72. The predicted molar refractivity (Wildman–Crippen MR) is 71.0 cm³/mol. The summed E-state index contributed by atoms with van der Waals surface area (Å²) in [7, 11) is 0. The number of aryl methyl sites for hydroxylation is 1. The number of aromatic amines is 1. The van der Waals surface area contributed by atoms with E-state index in [1.165, 1.54) is 12.1 Å². The Morgan fingerprint density at radius 1 is 1.16 bits per heavy atom. The average molecular weight is 258 g/mol. The van der Waals surface area contributed by atoms with E-state index in [1.54, 1.807) is 12.1 Å². The summed E-state index contributed by atoms with van der Waals surface area (Å²) < 4.78 is 0. The number of benzene rings is 1. The van der Waals surface area contributed by atoms with E-state index in [9.17, 15) is 9.59 Å². The molecule has 1 aromatic heterocycles. The first kappa shape index (κ1) is 12.8. The second kappa shape index (κ2) is 4.93. The summed E-state index contributed by atoms with van der Waals surface area (Å²) in [6.45, 7) is 3.74. The quantitative estimate of drug-likeness (QED) is 0.775. The zero-order valence-electron chi connectivity index (χ0n) is 10.7. The zero-order chi connectivity index (χ0) is 14.0. The van der Waals surface area contributed by atoms with E-state index in [-0.39, 0.29) is 5.91 Å². The Kier molecular flexibility index (Phi) is 3.33. The molecule has 0 aliphatic heterocycles. The van der Waals surface area contributed by atoms with Gasteiger partial charge in [0, 0.05) is 22.4 Å². The summed E-state index contributed by atoms with van der Waals surface area (Å²) in [5.74, 6) is -0.308. The Labute approximate surface area is 110 Å². The van der Waals surface area contributed by atoms with Crippen molar-refractivity contribution < 1.29 is 9.59 Å². The largest absolute Gasteiger partial charge is 0.366 e. The van der Waals surface area contributed by atoms with E-state index in [1.807, 2.05) is 13.8 Å². The number of primary amides is 1. The normalized spacial score (nSPS) is 10.2. The number of amides is 2. The van der Waals surface area contributed by atoms with Gasteiger partial charge in [-0.3, -0.25) is 14.7 Å². The highest BCUT2D eigenvalue weighted by Crippen LogP contribution is 2.15. The average Bonchev–Trinajstić information content (AvgIpc) is 2.71. The minimum absolute atomic E-state index is 0.286. The van der Waals surface area contributed by atoms with E-state index in [0.717, 1.165) is 11.3 Å². The Balaban J connectivity index is 2.16. The topological polar surface area (TPSA) is 101 Å². The van der Waals surface area contributed by atoms with Crippen LogP contribution in [0.25, 0.3) is 0 Å². The summed E-state index contributed by atoms with van der Waals surface area (Å²) >= 11 is 0. The molecule has 0 spiro atoms. The third-order valence-corrected chi connectivity index (χ3v) is 2.92. The van der Waals surface area contributed by atoms with Crippen LogP contribution in [0.3, 0.4) is 0 Å². The maximum absolute atomic E-state index is 12.0. The number of H-pyrrole nitrogens is 1. The molecule has 0 unspecified atom stereocenters. The molecule has 0 aliphatic carbocycles. The van der Waals surface area contributed by atoms with Gasteiger partial charge in [0.05, 0.1) is 0 Å². The van der Waals surface area contributed by atoms with Gasteiger partial charge in [-0.15, -0.1) is 0 Å². The molecular weight excluding hydrogens is 244 g/mol. The number of hydrogen-bond donors (Lipinski definition) is 3. The number of anilines is 1. The van der Waals surface area contributed by atoms with Crippen LogP contribution in [0.4, 0.5) is 5.82 Å². The summed E-state index contributed by atoms with van der Waals surface area (Å²) in [5, 5.41) is 9.49. The molecule has 0 radical (unpaired) electrons. The van der Waals surface area contributed by atoms with Gasteiger partial charge in [0.2, 0.25) is 5.91 Å². The number of hydrogen-bond acceptors (Lipinski definition) is 3. The Hall–Kier alpha value is -2.63. The molecule has 2 aromatic rings. The fourth-order valence-electron chi connectivity index (χ4n) is 1.57. The molecule has 0 bridgehead atoms. The molecule has 1 heterocycles. The van der Waals surface area contributed by atoms with Crippen molar-refractivity contribution in [3.05, 3.63) is 46.6 Å². The van der Waals surface area contributed by atoms with Crippen molar-refractivity contribution in [1.82, 2.24) is 10.2 Å². The maximum atomic E-state index is 12.0. The third-order valence-electron chi connectivity index (χ3n) is 2.92. The molecule has 6 heteroatoms. The number of nitrogens with two attached hydrogens (primary N) is 1. The molecule has 2 rings (SSSR count). The van der Waals surface area contributed by atoms with Gasteiger partial charge in [-0.1, -0.05) is 0 Å². The number of nitrogens with zero attached hydrogens (tertiary/aromatic N) is 1. The SMILES string of the molecule is Cc1[nH]nc(NC(=O)c2ccc(C(N)=O)cc2)c1C. The van der Waals surface area contributed by atoms with Crippen molar-refractivity contribution in [3.63, 3.8) is 0 Å². The molecule has 0 atom stereocenters. The molecule has 0 aliphatic rings. The van der Waals surface area contributed by atoms with Crippen LogP contribution in [0.15, 0.2) is 24.3 Å². The van der Waals surface area contributed by atoms with Crippen LogP contribution in [-0.2, 0) is 0 Å². The first-order valence-electron chi connectivity index (χ1n) is 5.72. The zero-order valence-corrected chi connectivity index (χ0v) is 10.7. The second-order valence-electron chi connectivity index (χ2n) is 4.22. The highest BCUT2D eigenvalue weighted by atomic mass is 16.2. The Morgan fingerprint density at radius 2 is 1.74 bits per heavy atom. The van der Waals surface area contributed by atoms with Crippen molar-refractivity contribution >= 4 is 17.6 Å². The van der Waals surface area contributed by atoms with Gasteiger partial charge in [-0.25, -0.2) is 0 Å². The van der Waals surface area contributed by atoms with Gasteiger partial charge in [0.1, 0.15) is 0 Å². The van der Waals surface area contributed by atoms with Crippen molar-refractivity contribution in [3.8, 4) is 0 Å². The molecule has 0 saturated carbocycles. The molecule has 4 N–H and O–H groups in total. The molecule has 19 heavy (non-hydrogen) atoms. The third kappa shape index (κ3) is 2.62. The number of carbonyl (C=O) groups excluding carboxylic acids is 2. The van der Waals surface area contributed by atoms with Crippen LogP contribution >= 0.6 is 0 Å². The minimum atomic E-state index is -0.522. The van der Waals surface area contributed by atoms with Gasteiger partial charge in [-0.05, 0) is 38.1 Å². The smallest absolute Gasteiger partial charge is 0.256 e. The van der Waals surface area contributed by atoms with Crippen LogP contribution in [0.2, 0.25) is 0 Å². The lowest BCUT2D eigenvalue weighted by molar-refractivity contribution is 0.0995. The lowest BCUT2D eigenvalue weighted by Gasteiger charge is -2.04. The Morgan fingerprint density at radius 3 is 2.21 bits per heavy atom. The highest BCUT2D eigenvalue weighted by Gasteiger charge is 2.11. The number of rotatable bonds is 3. The molecular formula is C13H14N4O2. The van der Waals surface area contributed by atoms with Gasteiger partial charge in [0.15, 0.2) is 5.82 Å². The lowest BCUT2D eigenvalue weighted by Crippen LogP contribution is -2.14. The molecule has 98 valence electrons. The molecule has 0 saturated heterocycles. The van der Waals surface area contributed by atoms with E-state index >= 15 is 0 Å². The molecule has 0 fully saturated rings. The van der Waals surface area contributed by atoms with Gasteiger partial charge in [-0.2, -0.15) is 5.10 Å². The number of nitrogens with one attached hydrogen (secondary N) is 2. The van der Waals surface area contributed by atoms with Crippen LogP contribution in [0.1, 0.15) is 32.0 Å². The van der Waals surface area contributed by atoms with E-state index in [2.05, 4.69) is 15.5 Å². The lowest BCUT2D eigenvalue weighted by atomic mass is 10.1. The first-order valence-corrected chi connectivity index (χ1v) is 5.72. The van der Waals surface area contributed by atoms with Crippen molar-refractivity contribution in [2.75, 3.05) is 5.32 Å². The van der Waals surface area contributed by atoms with Gasteiger partial charge in [0.25, 0.3) is 5.91 Å². The second-order valence-corrected chi connectivity index (χ2v) is 4.22.